The van der Waals surface area contributed by atoms with Crippen LogP contribution in [-0.4, -0.2) is 32.0 Å². The molecule has 0 atom stereocenters. The van der Waals surface area contributed by atoms with Gasteiger partial charge in [-0.15, -0.1) is 10.2 Å². The van der Waals surface area contributed by atoms with Gasteiger partial charge in [0, 0.05) is 24.0 Å². The Morgan fingerprint density at radius 3 is 2.86 bits per heavy atom. The zero-order chi connectivity index (χ0) is 15.4. The van der Waals surface area contributed by atoms with Crippen molar-refractivity contribution in [2.75, 3.05) is 11.1 Å². The second-order valence-electron chi connectivity index (χ2n) is 4.28. The van der Waals surface area contributed by atoms with Gasteiger partial charge in [0.05, 0.1) is 11.4 Å². The average molecular weight is 317 g/mol. The molecule has 0 saturated carbocycles. The molecule has 0 unspecified atom stereocenters. The van der Waals surface area contributed by atoms with Crippen molar-refractivity contribution < 1.29 is 13.7 Å². The Bertz CT molecular complexity index is 771. The van der Waals surface area contributed by atoms with Crippen LogP contribution in [0.5, 0.6) is 0 Å². The lowest BCUT2D eigenvalue weighted by Gasteiger charge is -1.98. The smallest absolute Gasteiger partial charge is 0.277 e. The van der Waals surface area contributed by atoms with Crippen LogP contribution in [0.2, 0.25) is 0 Å². The van der Waals surface area contributed by atoms with E-state index in [1.165, 1.54) is 0 Å². The fourth-order valence-electron chi connectivity index (χ4n) is 1.60. The molecule has 0 aliphatic rings. The first-order valence-corrected chi connectivity index (χ1v) is 7.29. The van der Waals surface area contributed by atoms with Crippen molar-refractivity contribution in [3.8, 4) is 11.5 Å². The number of hydrogen-bond donors (Lipinski definition) is 1. The predicted molar refractivity (Wildman–Crippen MR) is 78.1 cm³/mol. The molecule has 1 amide bonds. The summed E-state index contributed by atoms with van der Waals surface area (Å²) in [4.78, 5) is 15.7. The topological polar surface area (TPSA) is 107 Å². The maximum Gasteiger partial charge on any atom is 0.277 e. The molecular formula is C13H11N5O3S. The van der Waals surface area contributed by atoms with E-state index in [-0.39, 0.29) is 11.7 Å². The molecule has 0 aromatic carbocycles. The van der Waals surface area contributed by atoms with Crippen molar-refractivity contribution in [3.05, 3.63) is 36.3 Å². The van der Waals surface area contributed by atoms with Gasteiger partial charge in [-0.05, 0) is 19.1 Å². The molecule has 3 aromatic heterocycles. The number of pyridine rings is 1. The largest absolute Gasteiger partial charge is 0.411 e. The molecule has 0 aliphatic carbocycles. The van der Waals surface area contributed by atoms with Gasteiger partial charge in [0.2, 0.25) is 17.7 Å². The predicted octanol–water partition coefficient (Wildman–Crippen LogP) is 2.16. The maximum absolute atomic E-state index is 11.8. The van der Waals surface area contributed by atoms with Crippen LogP contribution in [0.4, 0.5) is 5.88 Å². The third kappa shape index (κ3) is 3.50. The molecule has 0 radical (unpaired) electrons. The third-order valence-electron chi connectivity index (χ3n) is 2.55. The number of hydrogen-bond acceptors (Lipinski definition) is 8. The molecule has 9 heteroatoms. The van der Waals surface area contributed by atoms with E-state index in [9.17, 15) is 4.79 Å². The highest BCUT2D eigenvalue weighted by Gasteiger charge is 2.12. The van der Waals surface area contributed by atoms with E-state index in [0.717, 1.165) is 17.3 Å². The fourth-order valence-corrected chi connectivity index (χ4v) is 2.17. The Kier molecular flexibility index (Phi) is 4.15. The summed E-state index contributed by atoms with van der Waals surface area (Å²) in [6.07, 6.45) is 3.28. The van der Waals surface area contributed by atoms with Crippen LogP contribution in [0.1, 0.15) is 5.69 Å². The zero-order valence-corrected chi connectivity index (χ0v) is 12.3. The maximum atomic E-state index is 11.8. The summed E-state index contributed by atoms with van der Waals surface area (Å²) in [5.74, 6) is 0.574. The van der Waals surface area contributed by atoms with Crippen molar-refractivity contribution in [1.29, 1.82) is 0 Å². The van der Waals surface area contributed by atoms with Crippen molar-refractivity contribution in [2.24, 2.45) is 0 Å². The minimum absolute atomic E-state index is 0.123. The number of carbonyl (C=O) groups is 1. The van der Waals surface area contributed by atoms with Gasteiger partial charge in [0.1, 0.15) is 0 Å². The number of aryl methyl sites for hydroxylation is 1. The van der Waals surface area contributed by atoms with Gasteiger partial charge in [0.25, 0.3) is 5.22 Å². The van der Waals surface area contributed by atoms with Crippen LogP contribution in [0, 0.1) is 6.92 Å². The molecule has 112 valence electrons. The van der Waals surface area contributed by atoms with Gasteiger partial charge in [0.15, 0.2) is 0 Å². The van der Waals surface area contributed by atoms with Gasteiger partial charge >= 0.3 is 0 Å². The fraction of sp³-hybridized carbons (Fsp3) is 0.154. The van der Waals surface area contributed by atoms with E-state index >= 15 is 0 Å². The highest BCUT2D eigenvalue weighted by Crippen LogP contribution is 2.22. The Labute approximate surface area is 129 Å². The second kappa shape index (κ2) is 6.39. The number of thioether (sulfide) groups is 1. The van der Waals surface area contributed by atoms with E-state index in [4.69, 9.17) is 8.94 Å². The molecule has 1 N–H and O–H groups in total. The van der Waals surface area contributed by atoms with Crippen LogP contribution in [0.25, 0.3) is 11.5 Å². The molecule has 3 heterocycles. The van der Waals surface area contributed by atoms with Gasteiger partial charge in [-0.25, -0.2) is 0 Å². The molecule has 3 rings (SSSR count). The highest BCUT2D eigenvalue weighted by molar-refractivity contribution is 7.99. The number of rotatable bonds is 5. The molecule has 0 aliphatic heterocycles. The van der Waals surface area contributed by atoms with E-state index in [1.54, 1.807) is 37.5 Å². The molecule has 3 aromatic rings. The van der Waals surface area contributed by atoms with E-state index in [2.05, 4.69) is 25.7 Å². The lowest BCUT2D eigenvalue weighted by atomic mass is 10.3. The molecular weight excluding hydrogens is 306 g/mol. The number of nitrogens with zero attached hydrogens (tertiary/aromatic N) is 4. The van der Waals surface area contributed by atoms with Crippen molar-refractivity contribution in [2.45, 2.75) is 12.1 Å². The summed E-state index contributed by atoms with van der Waals surface area (Å²) in [7, 11) is 0. The summed E-state index contributed by atoms with van der Waals surface area (Å²) in [6.45, 7) is 1.77. The van der Waals surface area contributed by atoms with Crippen molar-refractivity contribution >= 4 is 23.6 Å². The summed E-state index contributed by atoms with van der Waals surface area (Å²) in [5.41, 5.74) is 1.47. The number of anilines is 1. The number of amides is 1. The van der Waals surface area contributed by atoms with Crippen LogP contribution >= 0.6 is 11.8 Å². The minimum atomic E-state index is -0.246. The van der Waals surface area contributed by atoms with Crippen LogP contribution in [-0.2, 0) is 4.79 Å². The molecule has 0 bridgehead atoms. The lowest BCUT2D eigenvalue weighted by molar-refractivity contribution is -0.113. The van der Waals surface area contributed by atoms with Gasteiger partial charge in [-0.2, -0.15) is 0 Å². The summed E-state index contributed by atoms with van der Waals surface area (Å²) < 4.78 is 10.4. The zero-order valence-electron chi connectivity index (χ0n) is 11.5. The number of carbonyl (C=O) groups excluding carboxylic acids is 1. The average Bonchev–Trinajstić information content (AvgIpc) is 3.15. The first-order valence-electron chi connectivity index (χ1n) is 6.30. The summed E-state index contributed by atoms with van der Waals surface area (Å²) in [5, 5.41) is 14.4. The lowest BCUT2D eigenvalue weighted by Crippen LogP contribution is -2.13. The second-order valence-corrected chi connectivity index (χ2v) is 5.20. The Morgan fingerprint density at radius 2 is 2.14 bits per heavy atom. The first kappa shape index (κ1) is 14.3. The quantitative estimate of drug-likeness (QED) is 0.713. The SMILES string of the molecule is Cc1cc(NC(=O)CSc2nnc(-c3ccncc3)o2)on1. The minimum Gasteiger partial charge on any atom is -0.411 e. The van der Waals surface area contributed by atoms with Crippen LogP contribution < -0.4 is 5.32 Å². The molecule has 0 fully saturated rings. The van der Waals surface area contributed by atoms with Gasteiger partial charge < -0.3 is 8.94 Å². The number of nitrogens with one attached hydrogen (secondary N) is 1. The highest BCUT2D eigenvalue weighted by atomic mass is 32.2. The van der Waals surface area contributed by atoms with Crippen molar-refractivity contribution in [1.82, 2.24) is 20.3 Å². The third-order valence-corrected chi connectivity index (χ3v) is 3.37. The van der Waals surface area contributed by atoms with Gasteiger partial charge in [-0.3, -0.25) is 15.1 Å². The Balaban J connectivity index is 1.56. The van der Waals surface area contributed by atoms with Crippen LogP contribution in [0.15, 0.2) is 44.8 Å². The Hall–Kier alpha value is -2.68. The van der Waals surface area contributed by atoms with Crippen molar-refractivity contribution in [3.63, 3.8) is 0 Å². The number of aromatic nitrogens is 4. The Morgan fingerprint density at radius 1 is 1.32 bits per heavy atom. The summed E-state index contributed by atoms with van der Waals surface area (Å²) >= 11 is 1.14. The normalized spacial score (nSPS) is 10.6. The monoisotopic (exact) mass is 317 g/mol. The first-order chi connectivity index (χ1) is 10.7. The molecule has 22 heavy (non-hydrogen) atoms. The standard InChI is InChI=1S/C13H11N5O3S/c1-8-6-11(21-18-8)15-10(19)7-22-13-17-16-12(20-13)9-2-4-14-5-3-9/h2-6H,7H2,1H3,(H,15,19). The van der Waals surface area contributed by atoms with Gasteiger partial charge in [-0.1, -0.05) is 16.9 Å². The van der Waals surface area contributed by atoms with E-state index < -0.39 is 0 Å². The molecule has 8 nitrogen and oxygen atoms in total. The van der Waals surface area contributed by atoms with Crippen LogP contribution in [0.3, 0.4) is 0 Å². The van der Waals surface area contributed by atoms with E-state index in [1.807, 2.05) is 0 Å². The van der Waals surface area contributed by atoms with E-state index in [0.29, 0.717) is 22.7 Å². The molecule has 0 spiro atoms. The summed E-state index contributed by atoms with van der Waals surface area (Å²) in [6, 6.07) is 5.17. The molecule has 0 saturated heterocycles.